The molecule has 90 valence electrons. The van der Waals surface area contributed by atoms with E-state index in [1.54, 1.807) is 4.52 Å². The van der Waals surface area contributed by atoms with Crippen molar-refractivity contribution in [3.8, 4) is 0 Å². The molecule has 0 amide bonds. The fraction of sp³-hybridized carbons (Fsp3) is 0.455. The van der Waals surface area contributed by atoms with E-state index in [4.69, 9.17) is 11.6 Å². The van der Waals surface area contributed by atoms with Gasteiger partial charge in [-0.3, -0.25) is 4.90 Å². The van der Waals surface area contributed by atoms with E-state index < -0.39 is 0 Å². The van der Waals surface area contributed by atoms with Crippen LogP contribution in [-0.4, -0.2) is 45.7 Å². The Balaban J connectivity index is 1.80. The molecule has 2 aromatic rings. The Labute approximate surface area is 104 Å². The molecule has 1 saturated heterocycles. The molecule has 1 aliphatic rings. The standard InChI is InChI=1S/C11H14ClN5/c12-9-1-4-17-11(7-9)14-10(15-17)8-16-5-2-13-3-6-16/h1,4,7,13H,2-3,5-6,8H2. The lowest BCUT2D eigenvalue weighted by Gasteiger charge is -2.25. The topological polar surface area (TPSA) is 45.5 Å². The van der Waals surface area contributed by atoms with Crippen LogP contribution in [0.25, 0.3) is 5.65 Å². The number of rotatable bonds is 2. The highest BCUT2D eigenvalue weighted by Crippen LogP contribution is 2.11. The Morgan fingerprint density at radius 3 is 3.00 bits per heavy atom. The summed E-state index contributed by atoms with van der Waals surface area (Å²) in [6.45, 7) is 4.99. The maximum atomic E-state index is 5.92. The van der Waals surface area contributed by atoms with Gasteiger partial charge in [-0.05, 0) is 6.07 Å². The largest absolute Gasteiger partial charge is 0.314 e. The van der Waals surface area contributed by atoms with Gasteiger partial charge in [-0.25, -0.2) is 9.50 Å². The number of halogens is 1. The first-order valence-electron chi connectivity index (χ1n) is 5.75. The molecule has 1 fully saturated rings. The van der Waals surface area contributed by atoms with Crippen molar-refractivity contribution >= 4 is 17.2 Å². The van der Waals surface area contributed by atoms with Gasteiger partial charge in [-0.1, -0.05) is 11.6 Å². The van der Waals surface area contributed by atoms with Crippen LogP contribution in [0, 0.1) is 0 Å². The van der Waals surface area contributed by atoms with Gasteiger partial charge >= 0.3 is 0 Å². The van der Waals surface area contributed by atoms with Crippen molar-refractivity contribution in [3.63, 3.8) is 0 Å². The minimum atomic E-state index is 0.693. The molecule has 2 aromatic heterocycles. The molecule has 0 saturated carbocycles. The summed E-state index contributed by atoms with van der Waals surface area (Å²) in [4.78, 5) is 6.83. The number of aromatic nitrogens is 3. The second-order valence-corrected chi connectivity index (χ2v) is 4.64. The Morgan fingerprint density at radius 1 is 1.35 bits per heavy atom. The summed E-state index contributed by atoms with van der Waals surface area (Å²) in [6.07, 6.45) is 1.84. The van der Waals surface area contributed by atoms with E-state index >= 15 is 0 Å². The molecule has 17 heavy (non-hydrogen) atoms. The Morgan fingerprint density at radius 2 is 2.18 bits per heavy atom. The van der Waals surface area contributed by atoms with Crippen LogP contribution in [0.2, 0.25) is 5.02 Å². The molecular weight excluding hydrogens is 238 g/mol. The fourth-order valence-corrected chi connectivity index (χ4v) is 2.19. The van der Waals surface area contributed by atoms with Crippen LogP contribution < -0.4 is 5.32 Å². The number of nitrogens with one attached hydrogen (secondary N) is 1. The van der Waals surface area contributed by atoms with Gasteiger partial charge < -0.3 is 5.32 Å². The van der Waals surface area contributed by atoms with Gasteiger partial charge in [0.2, 0.25) is 0 Å². The van der Waals surface area contributed by atoms with Crippen molar-refractivity contribution < 1.29 is 0 Å². The Kier molecular flexibility index (Phi) is 2.96. The van der Waals surface area contributed by atoms with Gasteiger partial charge in [-0.15, -0.1) is 5.10 Å². The molecule has 0 aliphatic carbocycles. The highest BCUT2D eigenvalue weighted by Gasteiger charge is 2.12. The van der Waals surface area contributed by atoms with Gasteiger partial charge in [0.25, 0.3) is 0 Å². The molecule has 3 heterocycles. The van der Waals surface area contributed by atoms with E-state index in [2.05, 4.69) is 20.3 Å². The minimum Gasteiger partial charge on any atom is -0.314 e. The summed E-state index contributed by atoms with van der Waals surface area (Å²) in [7, 11) is 0. The van der Waals surface area contributed by atoms with Crippen LogP contribution >= 0.6 is 11.6 Å². The quantitative estimate of drug-likeness (QED) is 0.857. The SMILES string of the molecule is Clc1ccn2nc(CN3CCNCC3)nc2c1. The summed E-state index contributed by atoms with van der Waals surface area (Å²) < 4.78 is 1.77. The van der Waals surface area contributed by atoms with E-state index in [0.29, 0.717) is 5.02 Å². The maximum absolute atomic E-state index is 5.92. The van der Waals surface area contributed by atoms with Crippen molar-refractivity contribution in [2.45, 2.75) is 6.54 Å². The van der Waals surface area contributed by atoms with Crippen LogP contribution in [0.4, 0.5) is 0 Å². The van der Waals surface area contributed by atoms with E-state index in [0.717, 1.165) is 44.2 Å². The van der Waals surface area contributed by atoms with Crippen molar-refractivity contribution in [1.82, 2.24) is 24.8 Å². The molecule has 5 nitrogen and oxygen atoms in total. The molecular formula is C11H14ClN5. The summed E-state index contributed by atoms with van der Waals surface area (Å²) in [6, 6.07) is 3.65. The third kappa shape index (κ3) is 2.41. The maximum Gasteiger partial charge on any atom is 0.165 e. The molecule has 1 aliphatic heterocycles. The minimum absolute atomic E-state index is 0.693. The average Bonchev–Trinajstić information content (AvgIpc) is 2.71. The van der Waals surface area contributed by atoms with Gasteiger partial charge in [0.1, 0.15) is 0 Å². The molecule has 3 rings (SSSR count). The number of hydrogen-bond acceptors (Lipinski definition) is 4. The normalized spacial score (nSPS) is 17.7. The van der Waals surface area contributed by atoms with Crippen LogP contribution in [0.5, 0.6) is 0 Å². The van der Waals surface area contributed by atoms with Gasteiger partial charge in [0.15, 0.2) is 11.5 Å². The van der Waals surface area contributed by atoms with E-state index in [9.17, 15) is 0 Å². The zero-order chi connectivity index (χ0) is 11.7. The number of piperazine rings is 1. The van der Waals surface area contributed by atoms with Gasteiger partial charge in [0.05, 0.1) is 6.54 Å². The van der Waals surface area contributed by atoms with Gasteiger partial charge in [0, 0.05) is 43.5 Å². The molecule has 0 spiro atoms. The van der Waals surface area contributed by atoms with Gasteiger partial charge in [-0.2, -0.15) is 0 Å². The predicted octanol–water partition coefficient (Wildman–Crippen LogP) is 0.788. The van der Waals surface area contributed by atoms with E-state index in [1.165, 1.54) is 0 Å². The molecule has 6 heteroatoms. The number of pyridine rings is 1. The second kappa shape index (κ2) is 4.60. The molecule has 0 bridgehead atoms. The number of hydrogen-bond donors (Lipinski definition) is 1. The van der Waals surface area contributed by atoms with E-state index in [-0.39, 0.29) is 0 Å². The summed E-state index contributed by atoms with van der Waals surface area (Å²) >= 11 is 5.92. The molecule has 0 unspecified atom stereocenters. The Hall–Kier alpha value is -1.17. The van der Waals surface area contributed by atoms with Crippen molar-refractivity contribution in [1.29, 1.82) is 0 Å². The van der Waals surface area contributed by atoms with E-state index in [1.807, 2.05) is 18.3 Å². The molecule has 0 radical (unpaired) electrons. The van der Waals surface area contributed by atoms with Crippen molar-refractivity contribution in [2.75, 3.05) is 26.2 Å². The zero-order valence-corrected chi connectivity index (χ0v) is 10.2. The third-order valence-electron chi connectivity index (χ3n) is 2.92. The first kappa shape index (κ1) is 11.0. The van der Waals surface area contributed by atoms with Crippen LogP contribution in [0.1, 0.15) is 5.82 Å². The van der Waals surface area contributed by atoms with Crippen LogP contribution in [-0.2, 0) is 6.54 Å². The molecule has 0 atom stereocenters. The lowest BCUT2D eigenvalue weighted by molar-refractivity contribution is 0.228. The second-order valence-electron chi connectivity index (χ2n) is 4.20. The predicted molar refractivity (Wildman–Crippen MR) is 66.1 cm³/mol. The smallest absolute Gasteiger partial charge is 0.165 e. The lowest BCUT2D eigenvalue weighted by atomic mass is 10.3. The molecule has 1 N–H and O–H groups in total. The lowest BCUT2D eigenvalue weighted by Crippen LogP contribution is -2.43. The zero-order valence-electron chi connectivity index (χ0n) is 9.43. The Bertz CT molecular complexity index is 518. The highest BCUT2D eigenvalue weighted by molar-refractivity contribution is 6.30. The highest BCUT2D eigenvalue weighted by atomic mass is 35.5. The average molecular weight is 252 g/mol. The first-order valence-corrected chi connectivity index (χ1v) is 6.13. The number of fused-ring (bicyclic) bond motifs is 1. The van der Waals surface area contributed by atoms with Crippen molar-refractivity contribution in [2.24, 2.45) is 0 Å². The summed E-state index contributed by atoms with van der Waals surface area (Å²) in [5.41, 5.74) is 0.808. The molecule has 0 aromatic carbocycles. The fourth-order valence-electron chi connectivity index (χ4n) is 2.04. The summed E-state index contributed by atoms with van der Waals surface area (Å²) in [5, 5.41) is 8.46. The monoisotopic (exact) mass is 251 g/mol. The van der Waals surface area contributed by atoms with Crippen LogP contribution in [0.3, 0.4) is 0 Å². The third-order valence-corrected chi connectivity index (χ3v) is 3.15. The number of nitrogens with zero attached hydrogens (tertiary/aromatic N) is 4. The summed E-state index contributed by atoms with van der Waals surface area (Å²) in [5.74, 6) is 0.856. The first-order chi connectivity index (χ1) is 8.31. The van der Waals surface area contributed by atoms with Crippen molar-refractivity contribution in [3.05, 3.63) is 29.2 Å². The van der Waals surface area contributed by atoms with Crippen LogP contribution in [0.15, 0.2) is 18.3 Å².